The molecule has 0 radical (unpaired) electrons. The number of aromatic nitrogens is 1. The summed E-state index contributed by atoms with van der Waals surface area (Å²) in [5.74, 6) is 2.28. The average Bonchev–Trinajstić information content (AvgIpc) is 3.28. The Bertz CT molecular complexity index is 791. The van der Waals surface area contributed by atoms with Crippen LogP contribution in [-0.4, -0.2) is 42.5 Å². The number of thiazole rings is 1. The molecule has 2 aromatic rings. The van der Waals surface area contributed by atoms with Crippen LogP contribution in [0.2, 0.25) is 0 Å². The van der Waals surface area contributed by atoms with Crippen LogP contribution < -0.4 is 10.1 Å². The molecule has 26 heavy (non-hydrogen) atoms. The van der Waals surface area contributed by atoms with E-state index in [0.717, 1.165) is 35.8 Å². The Morgan fingerprint density at radius 3 is 2.96 bits per heavy atom. The monoisotopic (exact) mass is 371 g/mol. The van der Waals surface area contributed by atoms with Crippen LogP contribution in [0, 0.1) is 11.8 Å². The molecular formula is C20H25N3O2S. The maximum absolute atomic E-state index is 11.6. The van der Waals surface area contributed by atoms with E-state index in [-0.39, 0.29) is 5.91 Å². The molecule has 4 rings (SSSR count). The highest BCUT2D eigenvalue weighted by Crippen LogP contribution is 2.39. The Kier molecular flexibility index (Phi) is 4.96. The van der Waals surface area contributed by atoms with Gasteiger partial charge in [-0.25, -0.2) is 4.98 Å². The van der Waals surface area contributed by atoms with Crippen LogP contribution >= 0.6 is 11.3 Å². The molecule has 0 unspecified atom stereocenters. The number of carbonyl (C=O) groups is 1. The van der Waals surface area contributed by atoms with Gasteiger partial charge in [-0.3, -0.25) is 9.69 Å². The minimum atomic E-state index is 0.221. The van der Waals surface area contributed by atoms with Crippen LogP contribution in [0.25, 0.3) is 10.6 Å². The molecule has 0 spiro atoms. The highest BCUT2D eigenvalue weighted by molar-refractivity contribution is 7.15. The summed E-state index contributed by atoms with van der Waals surface area (Å²) in [6.45, 7) is 1.75. The number of nitrogens with one attached hydrogen (secondary N) is 1. The maximum Gasteiger partial charge on any atom is 0.220 e. The Morgan fingerprint density at radius 1 is 1.31 bits per heavy atom. The van der Waals surface area contributed by atoms with Crippen molar-refractivity contribution in [2.24, 2.45) is 11.8 Å². The molecule has 1 aliphatic carbocycles. The molecule has 2 fully saturated rings. The van der Waals surface area contributed by atoms with Crippen molar-refractivity contribution in [3.05, 3.63) is 35.3 Å². The lowest BCUT2D eigenvalue weighted by Gasteiger charge is -2.24. The lowest BCUT2D eigenvalue weighted by Crippen LogP contribution is -2.38. The van der Waals surface area contributed by atoms with Gasteiger partial charge in [-0.15, -0.1) is 11.3 Å². The third-order valence-electron chi connectivity index (χ3n) is 5.74. The van der Waals surface area contributed by atoms with E-state index < -0.39 is 0 Å². The van der Waals surface area contributed by atoms with E-state index in [1.54, 1.807) is 18.4 Å². The van der Waals surface area contributed by atoms with E-state index in [1.165, 1.54) is 11.3 Å². The van der Waals surface area contributed by atoms with Gasteiger partial charge in [-0.2, -0.15) is 0 Å². The molecule has 0 bridgehead atoms. The topological polar surface area (TPSA) is 54.5 Å². The van der Waals surface area contributed by atoms with Crippen molar-refractivity contribution in [3.63, 3.8) is 0 Å². The molecule has 2 aliphatic rings. The quantitative estimate of drug-likeness (QED) is 0.877. The summed E-state index contributed by atoms with van der Waals surface area (Å²) < 4.78 is 5.46. The number of piperidine rings is 1. The van der Waals surface area contributed by atoms with Gasteiger partial charge in [0.05, 0.1) is 12.7 Å². The lowest BCUT2D eigenvalue weighted by atomic mass is 9.89. The van der Waals surface area contributed by atoms with Gasteiger partial charge in [0.2, 0.25) is 5.91 Å². The zero-order valence-corrected chi connectivity index (χ0v) is 16.1. The van der Waals surface area contributed by atoms with Crippen LogP contribution in [0.1, 0.15) is 24.1 Å². The molecule has 1 N–H and O–H groups in total. The first-order valence-corrected chi connectivity index (χ1v) is 10.0. The Balaban J connectivity index is 1.42. The summed E-state index contributed by atoms with van der Waals surface area (Å²) >= 11 is 1.73. The van der Waals surface area contributed by atoms with Crippen LogP contribution in [0.5, 0.6) is 5.75 Å². The van der Waals surface area contributed by atoms with Gasteiger partial charge in [0.25, 0.3) is 0 Å². The average molecular weight is 372 g/mol. The number of methoxy groups -OCH3 is 1. The number of ether oxygens (including phenoxy) is 1. The standard InChI is InChI=1S/C20H25N3O2S/c1-23(15-7-13-9-19(24)21-10-14(13)8-15)12-16-11-22-20(26-16)17-5-3-4-6-18(17)25-2/h3-6,11,13-15H,7-10,12H2,1-2H3,(H,21,24)/t13-,14+,15-/m0/s1. The smallest absolute Gasteiger partial charge is 0.220 e. The van der Waals surface area contributed by atoms with Gasteiger partial charge < -0.3 is 10.1 Å². The zero-order valence-electron chi connectivity index (χ0n) is 15.3. The molecule has 1 saturated carbocycles. The number of carbonyl (C=O) groups excluding carboxylic acids is 1. The summed E-state index contributed by atoms with van der Waals surface area (Å²) in [6, 6.07) is 8.56. The van der Waals surface area contributed by atoms with Gasteiger partial charge in [-0.05, 0) is 43.9 Å². The van der Waals surface area contributed by atoms with Crippen molar-refractivity contribution in [2.75, 3.05) is 20.7 Å². The van der Waals surface area contributed by atoms with Gasteiger partial charge in [0.15, 0.2) is 0 Å². The number of nitrogens with zero attached hydrogens (tertiary/aromatic N) is 2. The van der Waals surface area contributed by atoms with Crippen molar-refractivity contribution < 1.29 is 9.53 Å². The second kappa shape index (κ2) is 7.37. The summed E-state index contributed by atoms with van der Waals surface area (Å²) in [6.07, 6.45) is 5.00. The minimum Gasteiger partial charge on any atom is -0.496 e. The number of fused-ring (bicyclic) bond motifs is 1. The molecule has 1 aromatic carbocycles. The normalized spacial score (nSPS) is 25.2. The minimum absolute atomic E-state index is 0.221. The SMILES string of the molecule is COc1ccccc1-c1ncc(CN(C)[C@H]2C[C@H]3CC(=O)NC[C@H]3C2)s1. The zero-order chi connectivity index (χ0) is 18.1. The predicted molar refractivity (Wildman–Crippen MR) is 103 cm³/mol. The highest BCUT2D eigenvalue weighted by Gasteiger charge is 2.39. The van der Waals surface area contributed by atoms with Crippen molar-refractivity contribution >= 4 is 17.2 Å². The van der Waals surface area contributed by atoms with Crippen molar-refractivity contribution in [2.45, 2.75) is 31.8 Å². The van der Waals surface area contributed by atoms with E-state index in [9.17, 15) is 4.79 Å². The van der Waals surface area contributed by atoms with Crippen molar-refractivity contribution in [3.8, 4) is 16.3 Å². The molecule has 1 aromatic heterocycles. The van der Waals surface area contributed by atoms with Crippen molar-refractivity contribution in [1.29, 1.82) is 0 Å². The summed E-state index contributed by atoms with van der Waals surface area (Å²) in [5, 5.41) is 4.02. The number of hydrogen-bond donors (Lipinski definition) is 1. The molecule has 3 atom stereocenters. The van der Waals surface area contributed by atoms with Crippen LogP contribution in [-0.2, 0) is 11.3 Å². The third kappa shape index (κ3) is 3.48. The van der Waals surface area contributed by atoms with E-state index in [2.05, 4.69) is 28.3 Å². The summed E-state index contributed by atoms with van der Waals surface area (Å²) in [7, 11) is 3.89. The molecule has 1 saturated heterocycles. The molecule has 1 amide bonds. The fraction of sp³-hybridized carbons (Fsp3) is 0.500. The van der Waals surface area contributed by atoms with Crippen LogP contribution in [0.4, 0.5) is 0 Å². The first-order valence-electron chi connectivity index (χ1n) is 9.19. The molecule has 138 valence electrons. The fourth-order valence-corrected chi connectivity index (χ4v) is 5.30. The first-order chi connectivity index (χ1) is 12.6. The maximum atomic E-state index is 11.6. The molecule has 5 nitrogen and oxygen atoms in total. The number of benzene rings is 1. The molecule has 2 heterocycles. The highest BCUT2D eigenvalue weighted by atomic mass is 32.1. The predicted octanol–water partition coefficient (Wildman–Crippen LogP) is 3.17. The van der Waals surface area contributed by atoms with Gasteiger partial charge in [0.1, 0.15) is 10.8 Å². The van der Waals surface area contributed by atoms with Crippen LogP contribution in [0.15, 0.2) is 30.5 Å². The van der Waals surface area contributed by atoms with E-state index in [1.807, 2.05) is 24.4 Å². The lowest BCUT2D eigenvalue weighted by molar-refractivity contribution is -0.124. The number of hydrogen-bond acceptors (Lipinski definition) is 5. The van der Waals surface area contributed by atoms with E-state index in [0.29, 0.717) is 24.3 Å². The second-order valence-electron chi connectivity index (χ2n) is 7.40. The van der Waals surface area contributed by atoms with Gasteiger partial charge >= 0.3 is 0 Å². The Hall–Kier alpha value is -1.92. The van der Waals surface area contributed by atoms with Gasteiger partial charge in [-0.1, -0.05) is 12.1 Å². The number of rotatable bonds is 5. The first kappa shape index (κ1) is 17.5. The molecule has 1 aliphatic heterocycles. The van der Waals surface area contributed by atoms with E-state index >= 15 is 0 Å². The van der Waals surface area contributed by atoms with Crippen LogP contribution in [0.3, 0.4) is 0 Å². The number of amides is 1. The Labute approximate surface area is 158 Å². The third-order valence-corrected chi connectivity index (χ3v) is 6.76. The summed E-state index contributed by atoms with van der Waals surface area (Å²) in [5.41, 5.74) is 1.05. The molecular weight excluding hydrogens is 346 g/mol. The number of para-hydroxylation sites is 1. The molecule has 6 heteroatoms. The second-order valence-corrected chi connectivity index (χ2v) is 8.52. The summed E-state index contributed by atoms with van der Waals surface area (Å²) in [4.78, 5) is 19.9. The van der Waals surface area contributed by atoms with E-state index in [4.69, 9.17) is 4.74 Å². The fourth-order valence-electron chi connectivity index (χ4n) is 4.30. The largest absolute Gasteiger partial charge is 0.496 e. The van der Waals surface area contributed by atoms with Crippen molar-refractivity contribution in [1.82, 2.24) is 15.2 Å². The Morgan fingerprint density at radius 2 is 2.12 bits per heavy atom. The van der Waals surface area contributed by atoms with Gasteiger partial charge in [0, 0.05) is 36.6 Å².